The van der Waals surface area contributed by atoms with Gasteiger partial charge in [0.2, 0.25) is 5.91 Å². The summed E-state index contributed by atoms with van der Waals surface area (Å²) in [5.74, 6) is 3.69. The van der Waals surface area contributed by atoms with E-state index in [1.807, 2.05) is 42.6 Å². The number of amides is 1. The van der Waals surface area contributed by atoms with Gasteiger partial charge in [0.25, 0.3) is 0 Å². The molecule has 5 heteroatoms. The van der Waals surface area contributed by atoms with E-state index in [2.05, 4.69) is 0 Å². The van der Waals surface area contributed by atoms with E-state index in [4.69, 9.17) is 9.15 Å². The summed E-state index contributed by atoms with van der Waals surface area (Å²) in [6, 6.07) is 3.96. The van der Waals surface area contributed by atoms with Crippen molar-refractivity contribution in [2.75, 3.05) is 31.3 Å². The average Bonchev–Trinajstić information content (AvgIpc) is 2.82. The maximum Gasteiger partial charge on any atom is 0.249 e. The molecule has 0 aliphatic carbocycles. The van der Waals surface area contributed by atoms with E-state index in [1.165, 1.54) is 0 Å². The molecule has 0 N–H and O–H groups in total. The van der Waals surface area contributed by atoms with Crippen molar-refractivity contribution in [3.8, 4) is 0 Å². The number of ether oxygens (including phenoxy) is 1. The van der Waals surface area contributed by atoms with Crippen LogP contribution in [0.2, 0.25) is 0 Å². The SMILES string of the molecule is CCOCC(=O)N1CCSCC1c1ccc(C)o1. The Morgan fingerprint density at radius 2 is 2.44 bits per heavy atom. The Labute approximate surface area is 112 Å². The number of nitrogens with zero attached hydrogens (tertiary/aromatic N) is 1. The number of hydrogen-bond donors (Lipinski definition) is 0. The Morgan fingerprint density at radius 1 is 1.61 bits per heavy atom. The molecule has 4 nitrogen and oxygen atoms in total. The number of aryl methyl sites for hydroxylation is 1. The smallest absolute Gasteiger partial charge is 0.249 e. The largest absolute Gasteiger partial charge is 0.464 e. The molecule has 0 aromatic carbocycles. The summed E-state index contributed by atoms with van der Waals surface area (Å²) in [5.41, 5.74) is 0. The van der Waals surface area contributed by atoms with E-state index in [9.17, 15) is 4.79 Å². The van der Waals surface area contributed by atoms with E-state index in [0.717, 1.165) is 29.6 Å². The van der Waals surface area contributed by atoms with E-state index in [1.54, 1.807) is 0 Å². The predicted molar refractivity (Wildman–Crippen MR) is 71.7 cm³/mol. The van der Waals surface area contributed by atoms with Gasteiger partial charge in [0.15, 0.2) is 0 Å². The van der Waals surface area contributed by atoms with Crippen molar-refractivity contribution in [1.82, 2.24) is 4.90 Å². The predicted octanol–water partition coefficient (Wildman–Crippen LogP) is 2.24. The van der Waals surface area contributed by atoms with Crippen molar-refractivity contribution in [3.05, 3.63) is 23.7 Å². The molecule has 1 aliphatic rings. The quantitative estimate of drug-likeness (QED) is 0.840. The van der Waals surface area contributed by atoms with E-state index < -0.39 is 0 Å². The molecule has 1 atom stereocenters. The third-order valence-corrected chi connectivity index (χ3v) is 3.99. The highest BCUT2D eigenvalue weighted by molar-refractivity contribution is 7.99. The summed E-state index contributed by atoms with van der Waals surface area (Å²) >= 11 is 1.86. The first-order chi connectivity index (χ1) is 8.72. The second-order valence-electron chi connectivity index (χ2n) is 4.26. The minimum Gasteiger partial charge on any atom is -0.464 e. The van der Waals surface area contributed by atoms with Gasteiger partial charge in [-0.25, -0.2) is 0 Å². The fourth-order valence-corrected chi connectivity index (χ4v) is 3.10. The lowest BCUT2D eigenvalue weighted by Gasteiger charge is -2.34. The average molecular weight is 269 g/mol. The molecule has 2 rings (SSSR count). The van der Waals surface area contributed by atoms with Crippen LogP contribution in [-0.4, -0.2) is 42.1 Å². The van der Waals surface area contributed by atoms with Crippen molar-refractivity contribution in [2.24, 2.45) is 0 Å². The van der Waals surface area contributed by atoms with Crippen LogP contribution in [0.25, 0.3) is 0 Å². The Hall–Kier alpha value is -0.940. The summed E-state index contributed by atoms with van der Waals surface area (Å²) in [6.45, 7) is 5.32. The van der Waals surface area contributed by atoms with Crippen LogP contribution in [0.3, 0.4) is 0 Å². The summed E-state index contributed by atoms with van der Waals surface area (Å²) in [7, 11) is 0. The van der Waals surface area contributed by atoms with Crippen molar-refractivity contribution < 1.29 is 13.9 Å². The first kappa shape index (κ1) is 13.5. The standard InChI is InChI=1S/C13H19NO3S/c1-3-16-8-13(15)14-6-7-18-9-11(14)12-5-4-10(2)17-12/h4-5,11H,3,6-9H2,1-2H3. The van der Waals surface area contributed by atoms with Gasteiger partial charge in [-0.05, 0) is 26.0 Å². The second kappa shape index (κ2) is 6.29. The maximum atomic E-state index is 12.1. The van der Waals surface area contributed by atoms with Gasteiger partial charge in [-0.3, -0.25) is 4.79 Å². The number of rotatable bonds is 4. The summed E-state index contributed by atoms with van der Waals surface area (Å²) < 4.78 is 10.9. The van der Waals surface area contributed by atoms with E-state index in [-0.39, 0.29) is 18.6 Å². The summed E-state index contributed by atoms with van der Waals surface area (Å²) in [6.07, 6.45) is 0. The van der Waals surface area contributed by atoms with Crippen molar-refractivity contribution in [1.29, 1.82) is 0 Å². The third kappa shape index (κ3) is 3.09. The Kier molecular flexibility index (Phi) is 4.72. The van der Waals surface area contributed by atoms with Crippen LogP contribution in [0, 0.1) is 6.92 Å². The fourth-order valence-electron chi connectivity index (χ4n) is 2.04. The molecule has 0 spiro atoms. The normalized spacial score (nSPS) is 20.1. The molecule has 1 aromatic rings. The number of thioether (sulfide) groups is 1. The third-order valence-electron chi connectivity index (χ3n) is 2.97. The number of carbonyl (C=O) groups excluding carboxylic acids is 1. The Balaban J connectivity index is 2.08. The van der Waals surface area contributed by atoms with Gasteiger partial charge in [-0.15, -0.1) is 0 Å². The molecule has 18 heavy (non-hydrogen) atoms. The summed E-state index contributed by atoms with van der Waals surface area (Å²) in [4.78, 5) is 14.0. The minimum atomic E-state index is 0.0467. The van der Waals surface area contributed by atoms with Gasteiger partial charge in [0.05, 0.1) is 6.04 Å². The number of hydrogen-bond acceptors (Lipinski definition) is 4. The number of carbonyl (C=O) groups is 1. The van der Waals surface area contributed by atoms with Gasteiger partial charge < -0.3 is 14.1 Å². The first-order valence-electron chi connectivity index (χ1n) is 6.23. The van der Waals surface area contributed by atoms with E-state index >= 15 is 0 Å². The molecule has 1 amide bonds. The summed E-state index contributed by atoms with van der Waals surface area (Å²) in [5, 5.41) is 0. The zero-order valence-corrected chi connectivity index (χ0v) is 11.7. The molecule has 0 bridgehead atoms. The van der Waals surface area contributed by atoms with Crippen LogP contribution in [0.5, 0.6) is 0 Å². The molecular weight excluding hydrogens is 250 g/mol. The molecule has 1 fully saturated rings. The first-order valence-corrected chi connectivity index (χ1v) is 7.39. The highest BCUT2D eigenvalue weighted by Gasteiger charge is 2.30. The van der Waals surface area contributed by atoms with Crippen molar-refractivity contribution in [3.63, 3.8) is 0 Å². The van der Waals surface area contributed by atoms with Gasteiger partial charge in [-0.2, -0.15) is 11.8 Å². The second-order valence-corrected chi connectivity index (χ2v) is 5.41. The molecular formula is C13H19NO3S. The van der Waals surface area contributed by atoms with Crippen molar-refractivity contribution in [2.45, 2.75) is 19.9 Å². The number of furan rings is 1. The molecule has 1 aromatic heterocycles. The highest BCUT2D eigenvalue weighted by atomic mass is 32.2. The van der Waals surface area contributed by atoms with E-state index in [0.29, 0.717) is 6.61 Å². The lowest BCUT2D eigenvalue weighted by molar-refractivity contribution is -0.138. The van der Waals surface area contributed by atoms with Crippen LogP contribution in [0.1, 0.15) is 24.5 Å². The van der Waals surface area contributed by atoms with Crippen LogP contribution >= 0.6 is 11.8 Å². The molecule has 1 saturated heterocycles. The molecule has 1 unspecified atom stereocenters. The Bertz CT molecular complexity index is 405. The lowest BCUT2D eigenvalue weighted by Crippen LogP contribution is -2.42. The van der Waals surface area contributed by atoms with Crippen LogP contribution in [0.15, 0.2) is 16.5 Å². The van der Waals surface area contributed by atoms with Crippen molar-refractivity contribution >= 4 is 17.7 Å². The molecule has 2 heterocycles. The maximum absolute atomic E-state index is 12.1. The van der Waals surface area contributed by atoms with Gasteiger partial charge in [0.1, 0.15) is 18.1 Å². The molecule has 0 saturated carbocycles. The van der Waals surface area contributed by atoms with Gasteiger partial charge >= 0.3 is 0 Å². The molecule has 0 radical (unpaired) electrons. The molecule has 100 valence electrons. The highest BCUT2D eigenvalue weighted by Crippen LogP contribution is 2.30. The van der Waals surface area contributed by atoms with Gasteiger partial charge in [0, 0.05) is 24.7 Å². The topological polar surface area (TPSA) is 42.7 Å². The monoisotopic (exact) mass is 269 g/mol. The molecule has 1 aliphatic heterocycles. The zero-order chi connectivity index (χ0) is 13.0. The van der Waals surface area contributed by atoms with Crippen LogP contribution in [-0.2, 0) is 9.53 Å². The van der Waals surface area contributed by atoms with Crippen LogP contribution < -0.4 is 0 Å². The zero-order valence-electron chi connectivity index (χ0n) is 10.8. The van der Waals surface area contributed by atoms with Crippen LogP contribution in [0.4, 0.5) is 0 Å². The lowest BCUT2D eigenvalue weighted by atomic mass is 10.2. The van der Waals surface area contributed by atoms with Gasteiger partial charge in [-0.1, -0.05) is 0 Å². The minimum absolute atomic E-state index is 0.0467. The fraction of sp³-hybridized carbons (Fsp3) is 0.615. The Morgan fingerprint density at radius 3 is 3.11 bits per heavy atom.